The molecule has 0 saturated heterocycles. The zero-order chi connectivity index (χ0) is 86.9. The van der Waals surface area contributed by atoms with Crippen molar-refractivity contribution < 1.29 is 393 Å². The molecule has 0 atom stereocenters. The van der Waals surface area contributed by atoms with Crippen LogP contribution in [0.3, 0.4) is 0 Å². The van der Waals surface area contributed by atoms with Crippen molar-refractivity contribution in [3.63, 3.8) is 0 Å². The molecule has 0 aliphatic heterocycles. The third-order valence-corrected chi connectivity index (χ3v) is 25.0. The van der Waals surface area contributed by atoms with Crippen molar-refractivity contribution in [3.05, 3.63) is 575 Å². The van der Waals surface area contributed by atoms with Crippen LogP contribution in [0.1, 0.15) is 77.9 Å². The van der Waals surface area contributed by atoms with Gasteiger partial charge in [0, 0.05) is 393 Å². The maximum absolute atomic E-state index is 3.47. The Kier molecular flexibility index (Phi) is 52.9. The number of aryl methyl sites for hydroxylation is 6. The molecular weight excluding hydrogens is 2600 g/mol. The van der Waals surface area contributed by atoms with Gasteiger partial charge in [0.2, 0.25) is 0 Å². The second-order valence-corrected chi connectivity index (χ2v) is 33.3. The van der Waals surface area contributed by atoms with Crippen LogP contribution >= 0.6 is 0 Å². The first-order chi connectivity index (χ1) is 63.0. The molecule has 0 nitrogen and oxygen atoms in total. The van der Waals surface area contributed by atoms with E-state index in [2.05, 4.69) is 442 Å². The second kappa shape index (κ2) is 59.5. The average Bonchev–Trinajstić information content (AvgIpc) is 1.51. The molecule has 0 N–H and O–H groups in total. The molecule has 4 aliphatic carbocycles. The molecule has 0 aromatic heterocycles. The molecule has 648 valence electrons. The van der Waals surface area contributed by atoms with Crippen LogP contribution in [0.5, 0.6) is 0 Å². The molecule has 12 radical (unpaired) electrons. The standard InChI is InChI=1S/2C26H18.4C19H14.12Y/c1-17-9-8-16-24-25(17)20-12-4-7-15-23(20)26(24)21-13-5-2-10-18(21)19-11-3-6-14-22(19)26;1-17-14-15-25-21(16-17)20-10-4-7-13-24(20)26(25)22-11-5-2-8-18(22)19-9-3-6-12-23(19)26;2*1-15-7-5-10-17(13-15)19-12-6-11-18(14-19)16-8-3-2-4-9-16;1-15-8-7-11-17(14-15)19-13-6-5-12-18(19)16-9-3-2-4-10-16;1-15-6-5-9-19(14-15)18-12-10-17(11-13-18)16-7-3-2-4-8-16;;;;;;;;;;;;/h2*2-16H,1H3;2-8,10,12-14H,1H3;2-8,10-13H,1H3;2-9,11,13-14H,1H3;2-7,9-10,12-14H,1H3;;;;;;;;;;;;/q;;4*-2;;;;;;;;;;;;. The molecule has 0 saturated carbocycles. The summed E-state index contributed by atoms with van der Waals surface area (Å²) >= 11 is 0. The molecule has 2 spiro atoms. The van der Waals surface area contributed by atoms with Crippen molar-refractivity contribution in [2.45, 2.75) is 52.4 Å². The van der Waals surface area contributed by atoms with Crippen LogP contribution in [0, 0.1) is 90.1 Å². The van der Waals surface area contributed by atoms with Crippen LogP contribution in [-0.4, -0.2) is 0 Å². The van der Waals surface area contributed by atoms with E-state index in [9.17, 15) is 0 Å². The Hall–Kier alpha value is -2.35. The molecule has 24 rings (SSSR count). The zero-order valence-corrected chi connectivity index (χ0v) is 114. The molecule has 0 heterocycles. The van der Waals surface area contributed by atoms with Crippen molar-refractivity contribution in [1.82, 2.24) is 0 Å². The van der Waals surface area contributed by atoms with Crippen LogP contribution in [0.4, 0.5) is 0 Å². The molecule has 12 heteroatoms. The predicted octanol–water partition coefficient (Wildman–Crippen LogP) is 32.4. The Balaban J connectivity index is 0.000000226. The fraction of sp³-hybridized carbons (Fsp3) is 0.0625. The summed E-state index contributed by atoms with van der Waals surface area (Å²) < 4.78 is 0. The minimum Gasteiger partial charge on any atom is -0.226 e. The van der Waals surface area contributed by atoms with Crippen LogP contribution in [0.2, 0.25) is 0 Å². The van der Waals surface area contributed by atoms with Crippen LogP contribution < -0.4 is 0 Å². The van der Waals surface area contributed by atoms with Gasteiger partial charge >= 0.3 is 0 Å². The minimum absolute atomic E-state index is 0. The molecule has 0 bridgehead atoms. The van der Waals surface area contributed by atoms with E-state index >= 15 is 0 Å². The van der Waals surface area contributed by atoms with E-state index in [0.29, 0.717) is 0 Å². The summed E-state index contributed by atoms with van der Waals surface area (Å²) in [7, 11) is 0. The van der Waals surface area contributed by atoms with Crippen LogP contribution in [-0.2, 0) is 403 Å². The fourth-order valence-corrected chi connectivity index (χ4v) is 19.3. The monoisotopic (exact) mass is 2700 g/mol. The van der Waals surface area contributed by atoms with Gasteiger partial charge in [-0.25, -0.2) is 38.9 Å². The largest absolute Gasteiger partial charge is 0.226 e. The molecule has 0 amide bonds. The van der Waals surface area contributed by atoms with Gasteiger partial charge in [0.25, 0.3) is 0 Å². The Bertz CT molecular complexity index is 7190. The van der Waals surface area contributed by atoms with Gasteiger partial charge in [-0.3, -0.25) is 0 Å². The Morgan fingerprint density at radius 2 is 0.486 bits per heavy atom. The molecule has 20 aromatic rings. The van der Waals surface area contributed by atoms with Gasteiger partial charge in [-0.2, -0.15) is 157 Å². The summed E-state index contributed by atoms with van der Waals surface area (Å²) in [5.41, 5.74) is 48.1. The van der Waals surface area contributed by atoms with Crippen molar-refractivity contribution in [2.24, 2.45) is 0 Å². The topological polar surface area (TPSA) is 0 Å². The number of rotatable bonds is 8. The smallest absolute Gasteiger partial charge is 0.0725 e. The maximum atomic E-state index is 3.47. The Morgan fingerprint density at radius 1 is 0.164 bits per heavy atom. The van der Waals surface area contributed by atoms with Gasteiger partial charge in [0.15, 0.2) is 0 Å². The van der Waals surface area contributed by atoms with E-state index in [1.165, 1.54) is 161 Å². The molecule has 20 aromatic carbocycles. The van der Waals surface area contributed by atoms with Gasteiger partial charge in [-0.15, -0.1) is 89.0 Å². The zero-order valence-electron chi connectivity index (χ0n) is 79.7. The molecule has 0 fully saturated rings. The quantitative estimate of drug-likeness (QED) is 0.133. The van der Waals surface area contributed by atoms with Crippen LogP contribution in [0.25, 0.3) is 134 Å². The van der Waals surface area contributed by atoms with Gasteiger partial charge in [0.1, 0.15) is 0 Å². The van der Waals surface area contributed by atoms with Crippen molar-refractivity contribution in [2.75, 3.05) is 0 Å². The van der Waals surface area contributed by atoms with E-state index in [1.54, 1.807) is 0 Å². The molecule has 4 aliphatic rings. The van der Waals surface area contributed by atoms with E-state index < -0.39 is 0 Å². The number of hydrogen-bond acceptors (Lipinski definition) is 0. The Labute approximate surface area is 1130 Å². The first kappa shape index (κ1) is 125. The predicted molar refractivity (Wildman–Crippen MR) is 534 cm³/mol. The average molecular weight is 2700 g/mol. The number of hydrogen-bond donors (Lipinski definition) is 0. The normalized spacial score (nSPS) is 11.1. The summed E-state index contributed by atoms with van der Waals surface area (Å²) in [5.74, 6) is 0. The number of fused-ring (bicyclic) bond motifs is 20. The second-order valence-electron chi connectivity index (χ2n) is 33.3. The number of benzene rings is 20. The van der Waals surface area contributed by atoms with E-state index in [-0.39, 0.29) is 403 Å². The summed E-state index contributed by atoms with van der Waals surface area (Å²) in [6.07, 6.45) is 0. The van der Waals surface area contributed by atoms with Gasteiger partial charge in [-0.05, 0) is 142 Å². The van der Waals surface area contributed by atoms with Crippen molar-refractivity contribution >= 4 is 0 Å². The summed E-state index contributed by atoms with van der Waals surface area (Å²) in [4.78, 5) is 0. The van der Waals surface area contributed by atoms with Gasteiger partial charge in [0.05, 0.1) is 10.8 Å². The van der Waals surface area contributed by atoms with Crippen molar-refractivity contribution in [3.8, 4) is 134 Å². The minimum atomic E-state index is -0.189. The fourth-order valence-electron chi connectivity index (χ4n) is 19.3. The summed E-state index contributed by atoms with van der Waals surface area (Å²) in [6.45, 7) is 12.9. The molecule has 140 heavy (non-hydrogen) atoms. The van der Waals surface area contributed by atoms with E-state index in [0.717, 1.165) is 50.1 Å². The maximum Gasteiger partial charge on any atom is 0.0725 e. The van der Waals surface area contributed by atoms with Crippen LogP contribution in [0.15, 0.2) is 449 Å². The Morgan fingerprint density at radius 3 is 0.957 bits per heavy atom. The molecule has 0 unspecified atom stereocenters. The first-order valence-electron chi connectivity index (χ1n) is 44.0. The van der Waals surface area contributed by atoms with Gasteiger partial charge in [-0.1, -0.05) is 324 Å². The summed E-state index contributed by atoms with van der Waals surface area (Å²) in [5, 5.41) is 0. The first-order valence-corrected chi connectivity index (χ1v) is 44.0. The van der Waals surface area contributed by atoms with Gasteiger partial charge < -0.3 is 0 Å². The van der Waals surface area contributed by atoms with Crippen molar-refractivity contribution in [1.29, 1.82) is 0 Å². The third kappa shape index (κ3) is 27.4. The third-order valence-electron chi connectivity index (χ3n) is 25.0. The SMILES string of the molecule is Cc1ccc2c(c1)-c1ccccc1C21c2ccccc2-c2ccccc21.Cc1cccc(-c2[c-]c(-c3[c-]cccc3)ccc2)c1.Cc1cccc(-c2c[c-]c(-c3[c-]cccc3)cc2)c1.Cc1cccc(-c2cc[c-]c(-c3[c-]cccc3)c2)c1.Cc1cccc(-c2ccc[c-]c2-c2[c-]cccc2)c1.Cc1cccc2c1-c1ccccc1C21c2ccccc2-c2ccccc21.[Y].[Y].[Y].[Y].[Y].[Y].[Y].[Y].[Y].[Y].[Y].[Y]. The summed E-state index contributed by atoms with van der Waals surface area (Å²) in [6, 6.07) is 185. The molecular formula is C128H92Y12-8. The van der Waals surface area contributed by atoms with E-state index in [4.69, 9.17) is 0 Å². The van der Waals surface area contributed by atoms with E-state index in [1.807, 2.05) is 97.1 Å².